The highest BCUT2D eigenvalue weighted by Crippen LogP contribution is 2.33. The Morgan fingerprint density at radius 3 is 2.87 bits per heavy atom. The summed E-state index contributed by atoms with van der Waals surface area (Å²) in [6, 6.07) is 2.72. The van der Waals surface area contributed by atoms with Gasteiger partial charge in [-0.1, -0.05) is 0 Å². The summed E-state index contributed by atoms with van der Waals surface area (Å²) in [7, 11) is -3.46. The van der Waals surface area contributed by atoms with E-state index in [0.717, 1.165) is 6.42 Å². The molecule has 4 heterocycles. The minimum absolute atomic E-state index is 0.0449. The number of amides is 1. The van der Waals surface area contributed by atoms with E-state index in [1.165, 1.54) is 23.7 Å². The quantitative estimate of drug-likeness (QED) is 0.334. The maximum atomic E-state index is 13.4. The van der Waals surface area contributed by atoms with Crippen LogP contribution in [0.1, 0.15) is 47.7 Å². The van der Waals surface area contributed by atoms with Crippen molar-refractivity contribution in [2.24, 2.45) is 5.92 Å². The minimum atomic E-state index is -3.46. The zero-order chi connectivity index (χ0) is 27.4. The van der Waals surface area contributed by atoms with E-state index in [4.69, 9.17) is 4.74 Å². The molecule has 0 bridgehead atoms. The maximum absolute atomic E-state index is 13.4. The van der Waals surface area contributed by atoms with Crippen molar-refractivity contribution in [1.29, 1.82) is 0 Å². The monoisotopic (exact) mass is 575 g/mol. The Morgan fingerprint density at radius 2 is 2.10 bits per heavy atom. The molecule has 1 saturated heterocycles. The third kappa shape index (κ3) is 6.68. The van der Waals surface area contributed by atoms with E-state index in [1.54, 1.807) is 24.5 Å². The number of carbonyl (C=O) groups is 1. The topological polar surface area (TPSA) is 139 Å². The number of sulfonamides is 1. The Bertz CT molecular complexity index is 1420. The smallest absolute Gasteiger partial charge is 0.280 e. The Hall–Kier alpha value is -3.23. The van der Waals surface area contributed by atoms with Crippen molar-refractivity contribution in [2.75, 3.05) is 37.6 Å². The van der Waals surface area contributed by atoms with Gasteiger partial charge in [0.2, 0.25) is 15.9 Å². The number of hydrogen-bond acceptors (Lipinski definition) is 10. The van der Waals surface area contributed by atoms with Gasteiger partial charge in [0.05, 0.1) is 46.6 Å². The summed E-state index contributed by atoms with van der Waals surface area (Å²) in [5.41, 5.74) is 1.47. The number of ether oxygens (including phenoxy) is 1. The molecule has 1 aliphatic carbocycles. The number of nitrogens with zero attached hydrogens (tertiary/aromatic N) is 5. The molecular weight excluding hydrogens is 545 g/mol. The van der Waals surface area contributed by atoms with Crippen molar-refractivity contribution in [3.63, 3.8) is 0 Å². The standard InChI is InChI=1S/C25H30FN7O4S2/c1-2-37-22-14-27-12-20(30-22)21-13-29-25(38-21)24(34)31-23(16-6-9-33(15-16)10-7-26)19-11-17(5-8-28-19)32-39(35,36)18-3-4-18/h5,8,11-14,16,18,23H,2-4,6-7,9-10,15H2,1H3,(H,28,32)(H,31,34)/t16-,23-/m0/s1. The lowest BCUT2D eigenvalue weighted by Crippen LogP contribution is -2.35. The molecule has 1 amide bonds. The largest absolute Gasteiger partial charge is 0.477 e. The van der Waals surface area contributed by atoms with Gasteiger partial charge < -0.3 is 15.0 Å². The first kappa shape index (κ1) is 27.3. The van der Waals surface area contributed by atoms with E-state index >= 15 is 0 Å². The van der Waals surface area contributed by atoms with E-state index in [-0.39, 0.29) is 22.1 Å². The average molecular weight is 576 g/mol. The Balaban J connectivity index is 1.37. The predicted octanol–water partition coefficient (Wildman–Crippen LogP) is 3.06. The summed E-state index contributed by atoms with van der Waals surface area (Å²) in [4.78, 5) is 33.4. The average Bonchev–Trinajstić information content (AvgIpc) is 3.50. The van der Waals surface area contributed by atoms with E-state index in [1.807, 2.05) is 11.8 Å². The molecule has 39 heavy (non-hydrogen) atoms. The van der Waals surface area contributed by atoms with Crippen LogP contribution in [0.15, 0.2) is 36.9 Å². The van der Waals surface area contributed by atoms with Crippen LogP contribution in [0.5, 0.6) is 5.88 Å². The van der Waals surface area contributed by atoms with Crippen molar-refractivity contribution >= 4 is 33.0 Å². The van der Waals surface area contributed by atoms with Gasteiger partial charge in [-0.25, -0.2) is 22.8 Å². The van der Waals surface area contributed by atoms with Gasteiger partial charge in [-0.2, -0.15) is 0 Å². The molecule has 11 nitrogen and oxygen atoms in total. The summed E-state index contributed by atoms with van der Waals surface area (Å²) in [5.74, 6) is -0.0480. The number of nitrogens with one attached hydrogen (secondary N) is 2. The van der Waals surface area contributed by atoms with E-state index in [2.05, 4.69) is 30.0 Å². The fraction of sp³-hybridized carbons (Fsp3) is 0.480. The summed E-state index contributed by atoms with van der Waals surface area (Å²) in [5, 5.41) is 2.93. The summed E-state index contributed by atoms with van der Waals surface area (Å²) < 4.78 is 46.0. The molecule has 0 unspecified atom stereocenters. The first-order chi connectivity index (χ1) is 18.9. The number of likely N-dealkylation sites (tertiary alicyclic amines) is 1. The summed E-state index contributed by atoms with van der Waals surface area (Å²) >= 11 is 1.18. The van der Waals surface area contributed by atoms with Crippen molar-refractivity contribution in [2.45, 2.75) is 37.5 Å². The van der Waals surface area contributed by atoms with Crippen molar-refractivity contribution in [3.05, 3.63) is 47.6 Å². The van der Waals surface area contributed by atoms with Crippen LogP contribution in [0.4, 0.5) is 10.1 Å². The minimum Gasteiger partial charge on any atom is -0.477 e. The third-order valence-corrected chi connectivity index (χ3v) is 9.54. The lowest BCUT2D eigenvalue weighted by atomic mass is 9.95. The Labute approximate surface area is 230 Å². The fourth-order valence-corrected chi connectivity index (χ4v) is 6.74. The molecule has 2 N–H and O–H groups in total. The number of hydrogen-bond donors (Lipinski definition) is 2. The summed E-state index contributed by atoms with van der Waals surface area (Å²) in [6.45, 7) is 3.46. The van der Waals surface area contributed by atoms with Gasteiger partial charge in [-0.15, -0.1) is 11.3 Å². The van der Waals surface area contributed by atoms with Crippen LogP contribution < -0.4 is 14.8 Å². The number of alkyl halides is 1. The molecule has 1 saturated carbocycles. The summed E-state index contributed by atoms with van der Waals surface area (Å²) in [6.07, 6.45) is 8.22. The third-order valence-electron chi connectivity index (χ3n) is 6.65. The van der Waals surface area contributed by atoms with Crippen molar-refractivity contribution in [1.82, 2.24) is 30.2 Å². The van der Waals surface area contributed by atoms with Gasteiger partial charge in [0, 0.05) is 25.5 Å². The molecule has 3 aromatic rings. The van der Waals surface area contributed by atoms with Gasteiger partial charge >= 0.3 is 0 Å². The SMILES string of the molecule is CCOc1cncc(-c2cnc(C(=O)N[C@H](c3cc(NS(=O)(=O)C4CC4)ccn3)[C@H]3CCN(CCF)C3)s2)n1. The van der Waals surface area contributed by atoms with Crippen molar-refractivity contribution < 1.29 is 22.3 Å². The molecule has 208 valence electrons. The molecule has 2 aliphatic rings. The second-order valence-corrected chi connectivity index (χ2v) is 12.5. The van der Waals surface area contributed by atoms with Gasteiger partial charge in [-0.05, 0) is 50.8 Å². The zero-order valence-corrected chi connectivity index (χ0v) is 23.0. The maximum Gasteiger partial charge on any atom is 0.280 e. The van der Waals surface area contributed by atoms with E-state index < -0.39 is 22.7 Å². The first-order valence-corrected chi connectivity index (χ1v) is 15.2. The molecule has 0 spiro atoms. The van der Waals surface area contributed by atoms with Gasteiger partial charge in [-0.3, -0.25) is 19.5 Å². The normalized spacial score (nSPS) is 18.6. The number of thiazole rings is 1. The van der Waals surface area contributed by atoms with E-state index in [0.29, 0.717) is 66.9 Å². The molecule has 2 fully saturated rings. The molecule has 5 rings (SSSR count). The molecule has 0 radical (unpaired) electrons. The predicted molar refractivity (Wildman–Crippen MR) is 145 cm³/mol. The molecule has 1 aliphatic heterocycles. The van der Waals surface area contributed by atoms with Gasteiger partial charge in [0.15, 0.2) is 5.01 Å². The lowest BCUT2D eigenvalue weighted by Gasteiger charge is -2.25. The van der Waals surface area contributed by atoms with Crippen LogP contribution in [-0.4, -0.2) is 77.3 Å². The van der Waals surface area contributed by atoms with Gasteiger partial charge in [0.1, 0.15) is 12.4 Å². The molecule has 3 aromatic heterocycles. The lowest BCUT2D eigenvalue weighted by molar-refractivity contribution is 0.0919. The zero-order valence-electron chi connectivity index (χ0n) is 21.4. The van der Waals surface area contributed by atoms with Crippen molar-refractivity contribution in [3.8, 4) is 16.5 Å². The Kier molecular flexibility index (Phi) is 8.33. The first-order valence-electron chi connectivity index (χ1n) is 12.8. The second-order valence-electron chi connectivity index (χ2n) is 9.51. The number of anilines is 1. The molecule has 0 aromatic carbocycles. The van der Waals surface area contributed by atoms with Crippen LogP contribution in [-0.2, 0) is 10.0 Å². The molecule has 14 heteroatoms. The number of carbonyl (C=O) groups excluding carboxylic acids is 1. The number of pyridine rings is 1. The van der Waals surface area contributed by atoms with Crippen LogP contribution in [0.25, 0.3) is 10.6 Å². The highest BCUT2D eigenvalue weighted by molar-refractivity contribution is 7.93. The van der Waals surface area contributed by atoms with Gasteiger partial charge in [0.25, 0.3) is 5.91 Å². The van der Waals surface area contributed by atoms with Crippen LogP contribution in [0, 0.1) is 5.92 Å². The van der Waals surface area contributed by atoms with Crippen LogP contribution >= 0.6 is 11.3 Å². The molecular formula is C25H30FN7O4S2. The van der Waals surface area contributed by atoms with E-state index in [9.17, 15) is 17.6 Å². The number of rotatable bonds is 12. The number of aromatic nitrogens is 4. The second kappa shape index (κ2) is 11.9. The fourth-order valence-electron chi connectivity index (χ4n) is 4.58. The highest BCUT2D eigenvalue weighted by Gasteiger charge is 2.36. The Morgan fingerprint density at radius 1 is 1.26 bits per heavy atom. The number of halogens is 1. The highest BCUT2D eigenvalue weighted by atomic mass is 32.2. The van der Waals surface area contributed by atoms with Crippen LogP contribution in [0.3, 0.4) is 0 Å². The molecule has 2 atom stereocenters. The van der Waals surface area contributed by atoms with Crippen LogP contribution in [0.2, 0.25) is 0 Å².